The Morgan fingerprint density at radius 2 is 2.45 bits per heavy atom. The van der Waals surface area contributed by atoms with Crippen molar-refractivity contribution in [1.29, 1.82) is 0 Å². The molecule has 0 unspecified atom stereocenters. The lowest BCUT2D eigenvalue weighted by Crippen LogP contribution is -2.19. The van der Waals surface area contributed by atoms with E-state index in [-0.39, 0.29) is 0 Å². The minimum atomic E-state index is -0.615. The standard InChI is InChI=1S/C6H6BrN3O/c7-4-1-2-9-5(3-4)10-6(8)11/h1-3H,(H3,8,9,10,11). The molecule has 58 valence electrons. The first-order valence-electron chi connectivity index (χ1n) is 2.86. The predicted molar refractivity (Wildman–Crippen MR) is 45.1 cm³/mol. The van der Waals surface area contributed by atoms with Gasteiger partial charge in [-0.05, 0) is 12.1 Å². The van der Waals surface area contributed by atoms with Crippen molar-refractivity contribution in [3.63, 3.8) is 0 Å². The van der Waals surface area contributed by atoms with E-state index in [0.717, 1.165) is 4.47 Å². The monoisotopic (exact) mass is 215 g/mol. The van der Waals surface area contributed by atoms with Crippen LogP contribution in [0.4, 0.5) is 10.6 Å². The molecule has 0 bridgehead atoms. The lowest BCUT2D eigenvalue weighted by atomic mass is 10.5. The molecule has 11 heavy (non-hydrogen) atoms. The van der Waals surface area contributed by atoms with Crippen molar-refractivity contribution in [1.82, 2.24) is 4.98 Å². The van der Waals surface area contributed by atoms with Crippen molar-refractivity contribution >= 4 is 27.8 Å². The van der Waals surface area contributed by atoms with Crippen LogP contribution in [-0.2, 0) is 0 Å². The zero-order valence-electron chi connectivity index (χ0n) is 5.54. The average Bonchev–Trinajstić information content (AvgIpc) is 1.85. The molecule has 1 aromatic rings. The molecule has 0 atom stereocenters. The molecule has 0 saturated heterocycles. The van der Waals surface area contributed by atoms with Crippen LogP contribution in [0.5, 0.6) is 0 Å². The van der Waals surface area contributed by atoms with Gasteiger partial charge in [0.15, 0.2) is 0 Å². The third kappa shape index (κ3) is 2.55. The molecule has 1 heterocycles. The van der Waals surface area contributed by atoms with Gasteiger partial charge in [0.25, 0.3) is 0 Å². The number of rotatable bonds is 1. The summed E-state index contributed by atoms with van der Waals surface area (Å²) in [4.78, 5) is 14.2. The van der Waals surface area contributed by atoms with Crippen LogP contribution < -0.4 is 11.1 Å². The van der Waals surface area contributed by atoms with Crippen molar-refractivity contribution in [2.24, 2.45) is 5.73 Å². The Kier molecular flexibility index (Phi) is 2.43. The quantitative estimate of drug-likeness (QED) is 0.743. The summed E-state index contributed by atoms with van der Waals surface area (Å²) in [5.74, 6) is 0.437. The second-order valence-electron chi connectivity index (χ2n) is 1.85. The first-order valence-corrected chi connectivity index (χ1v) is 3.66. The molecule has 0 aliphatic rings. The number of primary amides is 1. The van der Waals surface area contributed by atoms with E-state index in [1.807, 2.05) is 0 Å². The van der Waals surface area contributed by atoms with E-state index in [1.165, 1.54) is 0 Å². The maximum atomic E-state index is 10.3. The van der Waals surface area contributed by atoms with Gasteiger partial charge in [-0.3, -0.25) is 5.32 Å². The fourth-order valence-corrected chi connectivity index (χ4v) is 0.934. The molecule has 2 amide bonds. The maximum absolute atomic E-state index is 10.3. The molecule has 1 rings (SSSR count). The fourth-order valence-electron chi connectivity index (χ4n) is 0.599. The number of nitrogens with two attached hydrogens (primary N) is 1. The average molecular weight is 216 g/mol. The molecule has 0 spiro atoms. The van der Waals surface area contributed by atoms with Gasteiger partial charge in [-0.2, -0.15) is 0 Å². The molecule has 0 saturated carbocycles. The van der Waals surface area contributed by atoms with E-state index in [2.05, 4.69) is 26.2 Å². The summed E-state index contributed by atoms with van der Waals surface area (Å²) < 4.78 is 0.844. The van der Waals surface area contributed by atoms with Gasteiger partial charge in [-0.15, -0.1) is 0 Å². The Morgan fingerprint density at radius 3 is 3.00 bits per heavy atom. The summed E-state index contributed by atoms with van der Waals surface area (Å²) in [5.41, 5.74) is 4.87. The fraction of sp³-hybridized carbons (Fsp3) is 0. The van der Waals surface area contributed by atoms with Gasteiger partial charge in [-0.25, -0.2) is 9.78 Å². The van der Waals surface area contributed by atoms with Crippen LogP contribution >= 0.6 is 15.9 Å². The zero-order valence-corrected chi connectivity index (χ0v) is 7.13. The molecular weight excluding hydrogens is 210 g/mol. The van der Waals surface area contributed by atoms with Crippen molar-refractivity contribution < 1.29 is 4.79 Å². The summed E-state index contributed by atoms with van der Waals surface area (Å²) in [6, 6.07) is 2.80. The van der Waals surface area contributed by atoms with E-state index in [9.17, 15) is 4.79 Å². The second-order valence-corrected chi connectivity index (χ2v) is 2.76. The first-order chi connectivity index (χ1) is 5.18. The number of amides is 2. The van der Waals surface area contributed by atoms with Gasteiger partial charge in [0.1, 0.15) is 5.82 Å². The number of urea groups is 1. The number of hydrogen-bond acceptors (Lipinski definition) is 2. The number of aromatic nitrogens is 1. The molecule has 3 N–H and O–H groups in total. The maximum Gasteiger partial charge on any atom is 0.317 e. The van der Waals surface area contributed by atoms with E-state index in [1.54, 1.807) is 18.3 Å². The molecule has 1 aromatic heterocycles. The minimum Gasteiger partial charge on any atom is -0.351 e. The Labute approximate surface area is 71.9 Å². The molecule has 0 aliphatic heterocycles. The number of anilines is 1. The highest BCUT2D eigenvalue weighted by Gasteiger charge is 1.96. The molecule has 0 fully saturated rings. The van der Waals surface area contributed by atoms with Gasteiger partial charge < -0.3 is 5.73 Å². The topological polar surface area (TPSA) is 68.0 Å². The lowest BCUT2D eigenvalue weighted by molar-refractivity contribution is 0.259. The Bertz CT molecular complexity index is 276. The van der Waals surface area contributed by atoms with Crippen LogP contribution in [0.15, 0.2) is 22.8 Å². The highest BCUT2D eigenvalue weighted by Crippen LogP contribution is 2.11. The van der Waals surface area contributed by atoms with E-state index < -0.39 is 6.03 Å². The Balaban J connectivity index is 2.79. The summed E-state index contributed by atoms with van der Waals surface area (Å²) in [7, 11) is 0. The number of carbonyl (C=O) groups is 1. The predicted octanol–water partition coefficient (Wildman–Crippen LogP) is 1.33. The number of hydrogen-bond donors (Lipinski definition) is 2. The van der Waals surface area contributed by atoms with Gasteiger partial charge >= 0.3 is 6.03 Å². The third-order valence-corrected chi connectivity index (χ3v) is 1.47. The van der Waals surface area contributed by atoms with Crippen LogP contribution in [0.1, 0.15) is 0 Å². The smallest absolute Gasteiger partial charge is 0.317 e. The summed E-state index contributed by atoms with van der Waals surface area (Å²) in [6.07, 6.45) is 1.56. The molecular formula is C6H6BrN3O. The van der Waals surface area contributed by atoms with Crippen molar-refractivity contribution in [3.05, 3.63) is 22.8 Å². The third-order valence-electron chi connectivity index (χ3n) is 0.973. The van der Waals surface area contributed by atoms with Gasteiger partial charge in [0, 0.05) is 10.7 Å². The van der Waals surface area contributed by atoms with E-state index in [0.29, 0.717) is 5.82 Å². The molecule has 5 heteroatoms. The number of pyridine rings is 1. The molecule has 0 radical (unpaired) electrons. The van der Waals surface area contributed by atoms with Crippen LogP contribution in [0.3, 0.4) is 0 Å². The zero-order chi connectivity index (χ0) is 8.27. The van der Waals surface area contributed by atoms with Crippen LogP contribution in [-0.4, -0.2) is 11.0 Å². The molecule has 0 aliphatic carbocycles. The molecule has 4 nitrogen and oxygen atoms in total. The second kappa shape index (κ2) is 3.34. The van der Waals surface area contributed by atoms with Crippen molar-refractivity contribution in [3.8, 4) is 0 Å². The first kappa shape index (κ1) is 8.00. The summed E-state index contributed by atoms with van der Waals surface area (Å²) in [6.45, 7) is 0. The minimum absolute atomic E-state index is 0.437. The Hall–Kier alpha value is -1.10. The van der Waals surface area contributed by atoms with Crippen molar-refractivity contribution in [2.45, 2.75) is 0 Å². The summed E-state index contributed by atoms with van der Waals surface area (Å²) >= 11 is 3.22. The Morgan fingerprint density at radius 1 is 1.73 bits per heavy atom. The van der Waals surface area contributed by atoms with E-state index >= 15 is 0 Å². The van der Waals surface area contributed by atoms with Crippen molar-refractivity contribution in [2.75, 3.05) is 5.32 Å². The number of halogens is 1. The van der Waals surface area contributed by atoms with Crippen LogP contribution in [0.2, 0.25) is 0 Å². The SMILES string of the molecule is NC(=O)Nc1cc(Br)ccn1. The number of nitrogens with zero attached hydrogens (tertiary/aromatic N) is 1. The van der Waals surface area contributed by atoms with Gasteiger partial charge in [0.2, 0.25) is 0 Å². The van der Waals surface area contributed by atoms with Gasteiger partial charge in [0.05, 0.1) is 0 Å². The van der Waals surface area contributed by atoms with Crippen LogP contribution in [0.25, 0.3) is 0 Å². The number of carbonyl (C=O) groups excluding carboxylic acids is 1. The van der Waals surface area contributed by atoms with E-state index in [4.69, 9.17) is 5.73 Å². The largest absolute Gasteiger partial charge is 0.351 e. The van der Waals surface area contributed by atoms with Gasteiger partial charge in [-0.1, -0.05) is 15.9 Å². The summed E-state index contributed by atoms with van der Waals surface area (Å²) in [5, 5.41) is 2.34. The highest BCUT2D eigenvalue weighted by atomic mass is 79.9. The highest BCUT2D eigenvalue weighted by molar-refractivity contribution is 9.10. The molecule has 0 aromatic carbocycles. The normalized spacial score (nSPS) is 9.18. The van der Waals surface area contributed by atoms with Crippen LogP contribution in [0, 0.1) is 0 Å². The number of nitrogens with one attached hydrogen (secondary N) is 1. The lowest BCUT2D eigenvalue weighted by Gasteiger charge is -1.98.